The average Bonchev–Trinajstić information content (AvgIpc) is 2.53. The first-order chi connectivity index (χ1) is 10.5. The third kappa shape index (κ3) is 3.64. The van der Waals surface area contributed by atoms with Crippen molar-refractivity contribution >= 4 is 0 Å². The van der Waals surface area contributed by atoms with Gasteiger partial charge in [-0.3, -0.25) is 0 Å². The Bertz CT molecular complexity index is 614. The van der Waals surface area contributed by atoms with E-state index >= 15 is 0 Å². The van der Waals surface area contributed by atoms with Gasteiger partial charge in [-0.2, -0.15) is 0 Å². The molecule has 22 heavy (non-hydrogen) atoms. The van der Waals surface area contributed by atoms with E-state index in [2.05, 4.69) is 5.32 Å². The van der Waals surface area contributed by atoms with Gasteiger partial charge >= 0.3 is 0 Å². The monoisotopic (exact) mass is 303 g/mol. The zero-order valence-corrected chi connectivity index (χ0v) is 13.1. The Morgan fingerprint density at radius 1 is 1.18 bits per heavy atom. The van der Waals surface area contributed by atoms with Crippen LogP contribution in [0.4, 0.5) is 4.39 Å². The lowest BCUT2D eigenvalue weighted by atomic mass is 9.95. The molecule has 0 radical (unpaired) electrons. The van der Waals surface area contributed by atoms with Crippen LogP contribution >= 0.6 is 0 Å². The van der Waals surface area contributed by atoms with E-state index in [-0.39, 0.29) is 11.9 Å². The Kier molecular flexibility index (Phi) is 5.16. The van der Waals surface area contributed by atoms with Crippen LogP contribution in [0.1, 0.15) is 31.0 Å². The summed E-state index contributed by atoms with van der Waals surface area (Å²) in [4.78, 5) is 0. The molecule has 0 amide bonds. The first-order valence-electron chi connectivity index (χ1n) is 7.29. The summed E-state index contributed by atoms with van der Waals surface area (Å²) in [5.74, 6) is 0.179. The fraction of sp³-hybridized carbons (Fsp3) is 0.333. The molecule has 2 rings (SSSR count). The number of hydrogen-bond acceptors (Lipinski definition) is 3. The predicted octanol–water partition coefficient (Wildman–Crippen LogP) is 3.39. The molecule has 0 aliphatic rings. The van der Waals surface area contributed by atoms with E-state index in [9.17, 15) is 9.50 Å². The molecule has 0 aromatic heterocycles. The van der Waals surface area contributed by atoms with E-state index in [0.29, 0.717) is 17.9 Å². The lowest BCUT2D eigenvalue weighted by molar-refractivity contribution is 0.0541. The van der Waals surface area contributed by atoms with Crippen molar-refractivity contribution in [2.75, 3.05) is 13.7 Å². The lowest BCUT2D eigenvalue weighted by Crippen LogP contribution is -2.37. The van der Waals surface area contributed by atoms with Gasteiger partial charge in [0.25, 0.3) is 0 Å². The van der Waals surface area contributed by atoms with Crippen LogP contribution in [0.3, 0.4) is 0 Å². The number of benzene rings is 2. The number of aliphatic hydroxyl groups is 1. The zero-order valence-electron chi connectivity index (χ0n) is 13.1. The SMILES string of the molecule is COc1cccc(F)c1C(C)NCC(C)(O)c1ccccc1. The molecule has 0 aliphatic carbocycles. The van der Waals surface area contributed by atoms with E-state index in [1.807, 2.05) is 37.3 Å². The highest BCUT2D eigenvalue weighted by Gasteiger charge is 2.25. The Hall–Kier alpha value is -1.91. The zero-order chi connectivity index (χ0) is 16.2. The summed E-state index contributed by atoms with van der Waals surface area (Å²) in [6.07, 6.45) is 0. The molecule has 2 N–H and O–H groups in total. The summed E-state index contributed by atoms with van der Waals surface area (Å²) in [6, 6.07) is 13.9. The minimum atomic E-state index is -1.03. The van der Waals surface area contributed by atoms with Gasteiger partial charge in [0.15, 0.2) is 0 Å². The van der Waals surface area contributed by atoms with Crippen LogP contribution in [-0.2, 0) is 5.60 Å². The van der Waals surface area contributed by atoms with Crippen LogP contribution in [0.5, 0.6) is 5.75 Å². The maximum Gasteiger partial charge on any atom is 0.131 e. The van der Waals surface area contributed by atoms with Crippen LogP contribution in [0.15, 0.2) is 48.5 Å². The van der Waals surface area contributed by atoms with Gasteiger partial charge in [-0.1, -0.05) is 36.4 Å². The molecule has 3 nitrogen and oxygen atoms in total. The first kappa shape index (κ1) is 16.5. The second-order valence-electron chi connectivity index (χ2n) is 5.60. The molecule has 118 valence electrons. The highest BCUT2D eigenvalue weighted by molar-refractivity contribution is 5.37. The maximum atomic E-state index is 14.0. The quantitative estimate of drug-likeness (QED) is 0.859. The van der Waals surface area contributed by atoms with Gasteiger partial charge in [0.05, 0.1) is 12.7 Å². The van der Waals surface area contributed by atoms with Crippen LogP contribution in [-0.4, -0.2) is 18.8 Å². The molecule has 0 bridgehead atoms. The smallest absolute Gasteiger partial charge is 0.131 e. The number of hydrogen-bond donors (Lipinski definition) is 2. The molecule has 0 fully saturated rings. The van der Waals surface area contributed by atoms with Crippen molar-refractivity contribution in [3.8, 4) is 5.75 Å². The van der Waals surface area contributed by atoms with Crippen LogP contribution in [0.2, 0.25) is 0 Å². The Morgan fingerprint density at radius 2 is 1.86 bits per heavy atom. The Labute approximate surface area is 130 Å². The van der Waals surface area contributed by atoms with Crippen molar-refractivity contribution < 1.29 is 14.2 Å². The number of nitrogens with one attached hydrogen (secondary N) is 1. The maximum absolute atomic E-state index is 14.0. The fourth-order valence-corrected chi connectivity index (χ4v) is 2.47. The normalized spacial score (nSPS) is 15.1. The molecular formula is C18H22FNO2. The summed E-state index contributed by atoms with van der Waals surface area (Å²) in [7, 11) is 1.52. The van der Waals surface area contributed by atoms with Gasteiger partial charge in [0.2, 0.25) is 0 Å². The minimum absolute atomic E-state index is 0.286. The van der Waals surface area contributed by atoms with E-state index < -0.39 is 5.60 Å². The number of methoxy groups -OCH3 is 1. The predicted molar refractivity (Wildman–Crippen MR) is 85.4 cm³/mol. The van der Waals surface area contributed by atoms with E-state index in [0.717, 1.165) is 5.56 Å². The third-order valence-corrected chi connectivity index (χ3v) is 3.81. The van der Waals surface area contributed by atoms with Crippen LogP contribution < -0.4 is 10.1 Å². The summed E-state index contributed by atoms with van der Waals surface area (Å²) < 4.78 is 19.3. The molecule has 2 unspecified atom stereocenters. The molecule has 0 aliphatic heterocycles. The van der Waals surface area contributed by atoms with Gasteiger partial charge in [-0.15, -0.1) is 0 Å². The summed E-state index contributed by atoms with van der Waals surface area (Å²) >= 11 is 0. The second kappa shape index (κ2) is 6.90. The number of rotatable bonds is 6. The van der Waals surface area contributed by atoms with Gasteiger partial charge in [-0.25, -0.2) is 4.39 Å². The second-order valence-corrected chi connectivity index (χ2v) is 5.60. The van der Waals surface area contributed by atoms with Crippen molar-refractivity contribution in [1.29, 1.82) is 0 Å². The third-order valence-electron chi connectivity index (χ3n) is 3.81. The van der Waals surface area contributed by atoms with Crippen molar-refractivity contribution in [3.05, 3.63) is 65.5 Å². The summed E-state index contributed by atoms with van der Waals surface area (Å²) in [5.41, 5.74) is 0.248. The van der Waals surface area contributed by atoms with Gasteiger partial charge < -0.3 is 15.2 Å². The van der Waals surface area contributed by atoms with Crippen molar-refractivity contribution in [3.63, 3.8) is 0 Å². The van der Waals surface area contributed by atoms with E-state index in [4.69, 9.17) is 4.74 Å². The molecule has 2 aromatic carbocycles. The minimum Gasteiger partial charge on any atom is -0.496 e. The summed E-state index contributed by atoms with van der Waals surface area (Å²) in [6.45, 7) is 3.89. The molecule has 2 aromatic rings. The average molecular weight is 303 g/mol. The number of halogens is 1. The van der Waals surface area contributed by atoms with E-state index in [1.54, 1.807) is 19.1 Å². The van der Waals surface area contributed by atoms with Crippen molar-refractivity contribution in [1.82, 2.24) is 5.32 Å². The molecule has 4 heteroatoms. The number of ether oxygens (including phenoxy) is 1. The molecule has 2 atom stereocenters. The van der Waals surface area contributed by atoms with Crippen molar-refractivity contribution in [2.24, 2.45) is 0 Å². The molecule has 0 saturated carbocycles. The lowest BCUT2D eigenvalue weighted by Gasteiger charge is -2.27. The van der Waals surface area contributed by atoms with Gasteiger partial charge in [-0.05, 0) is 31.5 Å². The highest BCUT2D eigenvalue weighted by atomic mass is 19.1. The molecule has 0 heterocycles. The molecule has 0 spiro atoms. The first-order valence-corrected chi connectivity index (χ1v) is 7.29. The van der Waals surface area contributed by atoms with Crippen LogP contribution in [0.25, 0.3) is 0 Å². The Morgan fingerprint density at radius 3 is 2.50 bits per heavy atom. The molecule has 0 saturated heterocycles. The van der Waals surface area contributed by atoms with Crippen molar-refractivity contribution in [2.45, 2.75) is 25.5 Å². The molecular weight excluding hydrogens is 281 g/mol. The fourth-order valence-electron chi connectivity index (χ4n) is 2.47. The summed E-state index contributed by atoms with van der Waals surface area (Å²) in [5, 5.41) is 13.8. The van der Waals surface area contributed by atoms with Gasteiger partial charge in [0.1, 0.15) is 11.6 Å². The van der Waals surface area contributed by atoms with Crippen LogP contribution in [0, 0.1) is 5.82 Å². The highest BCUT2D eigenvalue weighted by Crippen LogP contribution is 2.28. The van der Waals surface area contributed by atoms with E-state index in [1.165, 1.54) is 13.2 Å². The largest absolute Gasteiger partial charge is 0.496 e. The topological polar surface area (TPSA) is 41.5 Å². The van der Waals surface area contributed by atoms with Gasteiger partial charge in [0, 0.05) is 18.2 Å². The Balaban J connectivity index is 2.12. The standard InChI is InChI=1S/C18H22FNO2/c1-13(17-15(19)10-7-11-16(17)22-3)20-12-18(2,21)14-8-5-4-6-9-14/h4-11,13,20-21H,12H2,1-3H3.